The molecule has 1 aromatic carbocycles. The molecule has 1 saturated carbocycles. The van der Waals surface area contributed by atoms with E-state index >= 15 is 0 Å². The number of hydrogen-bond acceptors (Lipinski definition) is 4. The summed E-state index contributed by atoms with van der Waals surface area (Å²) in [7, 11) is 0. The Morgan fingerprint density at radius 3 is 2.54 bits per heavy atom. The predicted molar refractivity (Wildman–Crippen MR) is 108 cm³/mol. The van der Waals surface area contributed by atoms with Gasteiger partial charge in [0.2, 0.25) is 0 Å². The van der Waals surface area contributed by atoms with Crippen LogP contribution in [0.15, 0.2) is 24.3 Å². The van der Waals surface area contributed by atoms with Crippen LogP contribution in [0.2, 0.25) is 0 Å². The number of halogens is 1. The lowest BCUT2D eigenvalue weighted by molar-refractivity contribution is 0.181. The van der Waals surface area contributed by atoms with E-state index in [4.69, 9.17) is 0 Å². The van der Waals surface area contributed by atoms with Crippen LogP contribution in [-0.4, -0.2) is 34.2 Å². The summed E-state index contributed by atoms with van der Waals surface area (Å²) in [5.74, 6) is 0.948. The van der Waals surface area contributed by atoms with Gasteiger partial charge < -0.3 is 10.2 Å². The topological polar surface area (TPSA) is 58.1 Å². The zero-order valence-electron chi connectivity index (χ0n) is 16.1. The second-order valence-corrected chi connectivity index (χ2v) is 9.03. The molecule has 1 saturated heterocycles. The molecule has 4 rings (SSSR count). The Morgan fingerprint density at radius 1 is 1.11 bits per heavy atom. The van der Waals surface area contributed by atoms with Gasteiger partial charge in [0.25, 0.3) is 0 Å². The minimum absolute atomic E-state index is 0.0537. The zero-order chi connectivity index (χ0) is 19.3. The summed E-state index contributed by atoms with van der Waals surface area (Å²) >= 11 is 1.77. The highest BCUT2D eigenvalue weighted by Gasteiger charge is 2.26. The Labute approximate surface area is 169 Å². The first-order chi connectivity index (χ1) is 13.7. The van der Waals surface area contributed by atoms with Gasteiger partial charge >= 0.3 is 6.03 Å². The van der Waals surface area contributed by atoms with E-state index in [0.29, 0.717) is 12.5 Å². The van der Waals surface area contributed by atoms with Crippen molar-refractivity contribution >= 4 is 17.4 Å². The number of urea groups is 1. The van der Waals surface area contributed by atoms with Crippen LogP contribution < -0.4 is 5.32 Å². The van der Waals surface area contributed by atoms with Crippen molar-refractivity contribution < 1.29 is 9.18 Å². The first-order valence-electron chi connectivity index (χ1n) is 10.3. The average Bonchev–Trinajstić information content (AvgIpc) is 3.40. The summed E-state index contributed by atoms with van der Waals surface area (Å²) in [5, 5.41) is 14.1. The number of likely N-dealkylation sites (tertiary alicyclic amines) is 1. The third-order valence-electron chi connectivity index (χ3n) is 5.91. The largest absolute Gasteiger partial charge is 0.334 e. The Balaban J connectivity index is 1.23. The minimum atomic E-state index is -0.264. The normalized spacial score (nSPS) is 18.5. The number of aromatic nitrogens is 2. The van der Waals surface area contributed by atoms with Crippen molar-refractivity contribution in [3.8, 4) is 0 Å². The van der Waals surface area contributed by atoms with Gasteiger partial charge in [0.05, 0.1) is 0 Å². The molecule has 5 nitrogen and oxygen atoms in total. The van der Waals surface area contributed by atoms with Crippen LogP contribution in [0, 0.1) is 11.7 Å². The highest BCUT2D eigenvalue weighted by molar-refractivity contribution is 7.11. The Bertz CT molecular complexity index is 780. The zero-order valence-corrected chi connectivity index (χ0v) is 16.9. The van der Waals surface area contributed by atoms with Crippen LogP contribution >= 0.6 is 11.3 Å². The number of amides is 2. The molecule has 2 fully saturated rings. The van der Waals surface area contributed by atoms with E-state index in [9.17, 15) is 9.18 Å². The standard InChI is InChI=1S/C21H27FN4OS/c22-18-7-5-16(6-8-18)14-23-21(27)26-11-9-17(10-12-26)20-25-24-19(28-20)13-15-3-1-2-4-15/h5-8,15,17H,1-4,9-14H2,(H,23,27). The summed E-state index contributed by atoms with van der Waals surface area (Å²) in [6, 6.07) is 6.16. The molecule has 0 radical (unpaired) electrons. The Morgan fingerprint density at radius 2 is 1.82 bits per heavy atom. The lowest BCUT2D eigenvalue weighted by Gasteiger charge is -2.31. The third kappa shape index (κ3) is 4.87. The Hall–Kier alpha value is -2.02. The number of carbonyl (C=O) groups excluding carboxylic acids is 1. The smallest absolute Gasteiger partial charge is 0.317 e. The SMILES string of the molecule is O=C(NCc1ccc(F)cc1)N1CCC(c2nnc(CC3CCCC3)s2)CC1. The molecule has 2 aromatic rings. The summed E-state index contributed by atoms with van der Waals surface area (Å²) in [6.07, 6.45) is 8.34. The maximum Gasteiger partial charge on any atom is 0.317 e. The van der Waals surface area contributed by atoms with Crippen molar-refractivity contribution in [2.75, 3.05) is 13.1 Å². The molecule has 1 aliphatic heterocycles. The van der Waals surface area contributed by atoms with Crippen molar-refractivity contribution in [1.82, 2.24) is 20.4 Å². The van der Waals surface area contributed by atoms with Crippen molar-refractivity contribution in [3.05, 3.63) is 45.7 Å². The van der Waals surface area contributed by atoms with Crippen LogP contribution in [0.1, 0.15) is 60.0 Å². The highest BCUT2D eigenvalue weighted by Crippen LogP contribution is 2.33. The maximum atomic E-state index is 13.0. The minimum Gasteiger partial charge on any atom is -0.334 e. The number of benzene rings is 1. The van der Waals surface area contributed by atoms with Gasteiger partial charge in [-0.1, -0.05) is 37.8 Å². The van der Waals surface area contributed by atoms with Crippen molar-refractivity contribution in [2.45, 2.75) is 57.4 Å². The van der Waals surface area contributed by atoms with Crippen LogP contribution in [0.25, 0.3) is 0 Å². The molecule has 2 aliphatic rings. The lowest BCUT2D eigenvalue weighted by Crippen LogP contribution is -2.43. The van der Waals surface area contributed by atoms with Crippen molar-refractivity contribution in [3.63, 3.8) is 0 Å². The number of nitrogens with one attached hydrogen (secondary N) is 1. The van der Waals surface area contributed by atoms with Crippen LogP contribution in [0.5, 0.6) is 0 Å². The van der Waals surface area contributed by atoms with Gasteiger partial charge in [-0.25, -0.2) is 9.18 Å². The molecule has 0 spiro atoms. The fourth-order valence-electron chi connectivity index (χ4n) is 4.20. The average molecular weight is 403 g/mol. The summed E-state index contributed by atoms with van der Waals surface area (Å²) < 4.78 is 13.0. The van der Waals surface area contributed by atoms with Gasteiger partial charge in [-0.2, -0.15) is 0 Å². The molecule has 150 valence electrons. The number of piperidine rings is 1. The van der Waals surface area contributed by atoms with Gasteiger partial charge in [0.15, 0.2) is 0 Å². The van der Waals surface area contributed by atoms with Gasteiger partial charge in [-0.15, -0.1) is 21.5 Å². The molecule has 0 unspecified atom stereocenters. The van der Waals surface area contributed by atoms with Gasteiger partial charge in [0, 0.05) is 32.0 Å². The monoisotopic (exact) mass is 402 g/mol. The molecule has 7 heteroatoms. The summed E-state index contributed by atoms with van der Waals surface area (Å²) in [4.78, 5) is 14.3. The van der Waals surface area contributed by atoms with Gasteiger partial charge in [0.1, 0.15) is 15.8 Å². The molecule has 2 heterocycles. The maximum absolute atomic E-state index is 13.0. The molecule has 0 atom stereocenters. The second kappa shape index (κ2) is 8.99. The van der Waals surface area contributed by atoms with E-state index in [1.165, 1.54) is 42.8 Å². The predicted octanol–water partition coefficient (Wildman–Crippen LogP) is 4.50. The lowest BCUT2D eigenvalue weighted by atomic mass is 9.98. The van der Waals surface area contributed by atoms with E-state index < -0.39 is 0 Å². The number of rotatable bonds is 5. The molecule has 1 aliphatic carbocycles. The van der Waals surface area contributed by atoms with Crippen LogP contribution in [-0.2, 0) is 13.0 Å². The van der Waals surface area contributed by atoms with E-state index in [1.807, 2.05) is 4.90 Å². The van der Waals surface area contributed by atoms with Gasteiger partial charge in [-0.3, -0.25) is 0 Å². The third-order valence-corrected chi connectivity index (χ3v) is 7.02. The molecule has 1 aromatic heterocycles. The molecule has 1 N–H and O–H groups in total. The van der Waals surface area contributed by atoms with Crippen LogP contribution in [0.3, 0.4) is 0 Å². The summed E-state index contributed by atoms with van der Waals surface area (Å²) in [5.41, 5.74) is 0.897. The molecular weight excluding hydrogens is 375 g/mol. The second-order valence-electron chi connectivity index (χ2n) is 7.94. The van der Waals surface area contributed by atoms with Crippen molar-refractivity contribution in [2.24, 2.45) is 5.92 Å². The molecule has 0 bridgehead atoms. The highest BCUT2D eigenvalue weighted by atomic mass is 32.1. The number of nitrogens with zero attached hydrogens (tertiary/aromatic N) is 3. The fraction of sp³-hybridized carbons (Fsp3) is 0.571. The van der Waals surface area contributed by atoms with Crippen LogP contribution in [0.4, 0.5) is 9.18 Å². The fourth-order valence-corrected chi connectivity index (χ4v) is 5.32. The summed E-state index contributed by atoms with van der Waals surface area (Å²) in [6.45, 7) is 1.88. The number of hydrogen-bond donors (Lipinski definition) is 1. The first-order valence-corrected chi connectivity index (χ1v) is 11.1. The quantitative estimate of drug-likeness (QED) is 0.801. The number of carbonyl (C=O) groups is 1. The van der Waals surface area contributed by atoms with E-state index in [0.717, 1.165) is 48.8 Å². The van der Waals surface area contributed by atoms with E-state index in [2.05, 4.69) is 15.5 Å². The van der Waals surface area contributed by atoms with Gasteiger partial charge in [-0.05, 0) is 36.5 Å². The Kier molecular flexibility index (Phi) is 6.20. The van der Waals surface area contributed by atoms with Crippen molar-refractivity contribution in [1.29, 1.82) is 0 Å². The van der Waals surface area contributed by atoms with E-state index in [-0.39, 0.29) is 11.8 Å². The molecular formula is C21H27FN4OS. The molecule has 2 amide bonds. The van der Waals surface area contributed by atoms with E-state index in [1.54, 1.807) is 23.5 Å². The first kappa shape index (κ1) is 19.3. The molecule has 28 heavy (non-hydrogen) atoms.